The molecule has 3 heterocycles. The summed E-state index contributed by atoms with van der Waals surface area (Å²) in [6.45, 7) is 1.94. The Labute approximate surface area is 273 Å². The van der Waals surface area contributed by atoms with Crippen LogP contribution in [0, 0.1) is 18.7 Å². The molecule has 2 N–H and O–H groups in total. The van der Waals surface area contributed by atoms with E-state index in [1.165, 1.54) is 21.5 Å². The largest absolute Gasteiger partial charge is 0.505 e. The highest BCUT2D eigenvalue weighted by Crippen LogP contribution is 2.62. The van der Waals surface area contributed by atoms with E-state index >= 15 is 9.18 Å². The van der Waals surface area contributed by atoms with Crippen LogP contribution in [0.5, 0.6) is 5.75 Å². The lowest BCUT2D eigenvalue weighted by Gasteiger charge is -2.49. The lowest BCUT2D eigenvalue weighted by atomic mass is 9.53. The third-order valence-corrected chi connectivity index (χ3v) is 9.98. The van der Waals surface area contributed by atoms with E-state index in [-0.39, 0.29) is 13.0 Å². The van der Waals surface area contributed by atoms with Gasteiger partial charge in [-0.2, -0.15) is 5.01 Å². The van der Waals surface area contributed by atoms with Crippen LogP contribution in [0.2, 0.25) is 0 Å². The maximum absolute atomic E-state index is 15.2. The van der Waals surface area contributed by atoms with Gasteiger partial charge in [0.1, 0.15) is 0 Å². The van der Waals surface area contributed by atoms with Crippen LogP contribution >= 0.6 is 0 Å². The number of fused-ring (bicyclic) bond motifs is 4. The highest BCUT2D eigenvalue weighted by molar-refractivity contribution is 6.12. The van der Waals surface area contributed by atoms with Gasteiger partial charge < -0.3 is 5.11 Å². The minimum Gasteiger partial charge on any atom is -0.505 e. The first-order chi connectivity index (χ1) is 23.2. The molecular weight excluding hydrogens is 613 g/mol. The number of imide groups is 1. The zero-order valence-corrected chi connectivity index (χ0v) is 25.8. The minimum absolute atomic E-state index is 0.0137. The van der Waals surface area contributed by atoms with E-state index in [2.05, 4.69) is 5.43 Å². The van der Waals surface area contributed by atoms with Gasteiger partial charge in [-0.1, -0.05) is 78.4 Å². The second-order valence-electron chi connectivity index (χ2n) is 12.5. The summed E-state index contributed by atoms with van der Waals surface area (Å²) in [5, 5.41) is 11.2. The summed E-state index contributed by atoms with van der Waals surface area (Å²) in [7, 11) is 0. The van der Waals surface area contributed by atoms with Crippen LogP contribution < -0.4 is 16.8 Å². The van der Waals surface area contributed by atoms with Crippen LogP contribution in [-0.4, -0.2) is 35.9 Å². The number of carbonyl (C=O) groups excluding carboxylic acids is 2. The van der Waals surface area contributed by atoms with Crippen molar-refractivity contribution in [2.45, 2.75) is 37.3 Å². The van der Waals surface area contributed by atoms with E-state index in [0.717, 1.165) is 15.1 Å². The number of aromatic nitrogens is 3. The quantitative estimate of drug-likeness (QED) is 0.214. The summed E-state index contributed by atoms with van der Waals surface area (Å²) in [5.74, 6) is -4.46. The van der Waals surface area contributed by atoms with Crippen LogP contribution in [0.1, 0.15) is 35.1 Å². The van der Waals surface area contributed by atoms with Crippen molar-refractivity contribution >= 4 is 17.5 Å². The lowest BCUT2D eigenvalue weighted by molar-refractivity contribution is -0.138. The summed E-state index contributed by atoms with van der Waals surface area (Å²) in [6.07, 6.45) is 1.83. The Morgan fingerprint density at radius 1 is 0.854 bits per heavy atom. The van der Waals surface area contributed by atoms with Crippen molar-refractivity contribution in [1.29, 1.82) is 0 Å². The molecule has 10 nitrogen and oxygen atoms in total. The van der Waals surface area contributed by atoms with E-state index in [9.17, 15) is 19.5 Å². The van der Waals surface area contributed by atoms with Crippen LogP contribution in [0.4, 0.5) is 10.1 Å². The Morgan fingerprint density at radius 3 is 2.23 bits per heavy atom. The fourth-order valence-corrected chi connectivity index (χ4v) is 7.88. The predicted molar refractivity (Wildman–Crippen MR) is 175 cm³/mol. The normalized spacial score (nSPS) is 22.9. The van der Waals surface area contributed by atoms with E-state index in [1.807, 2.05) is 31.2 Å². The number of nitrogens with one attached hydrogen (secondary N) is 1. The molecule has 1 aromatic heterocycles. The molecule has 2 aliphatic heterocycles. The molecule has 0 unspecified atom stereocenters. The Hall–Kier alpha value is -5.97. The number of phenolic OH excluding ortho intramolecular Hbond substituents is 1. The second kappa shape index (κ2) is 10.8. The third kappa shape index (κ3) is 4.09. The zero-order chi connectivity index (χ0) is 33.3. The first-order valence-electron chi connectivity index (χ1n) is 15.7. The fraction of sp³-hybridized carbons (Fsp3) is 0.189. The van der Waals surface area contributed by atoms with Gasteiger partial charge in [0.05, 0.1) is 35.3 Å². The highest BCUT2D eigenvalue weighted by Gasteiger charge is 2.68. The highest BCUT2D eigenvalue weighted by atomic mass is 19.1. The number of phenols is 1. The van der Waals surface area contributed by atoms with Crippen LogP contribution in [0.15, 0.2) is 124 Å². The average Bonchev–Trinajstić information content (AvgIpc) is 3.48. The maximum Gasteiger partial charge on any atom is 0.352 e. The zero-order valence-electron chi connectivity index (χ0n) is 25.8. The van der Waals surface area contributed by atoms with Crippen molar-refractivity contribution in [3.8, 4) is 11.4 Å². The van der Waals surface area contributed by atoms with Crippen LogP contribution in [0.25, 0.3) is 5.69 Å². The molecule has 240 valence electrons. The van der Waals surface area contributed by atoms with Crippen molar-refractivity contribution < 1.29 is 19.1 Å². The molecule has 11 heteroatoms. The number of anilines is 1. The van der Waals surface area contributed by atoms with Crippen LogP contribution in [-0.2, 0) is 21.5 Å². The van der Waals surface area contributed by atoms with Crippen molar-refractivity contribution in [1.82, 2.24) is 18.9 Å². The van der Waals surface area contributed by atoms with Gasteiger partial charge in [-0.25, -0.2) is 27.9 Å². The number of hydrogen-bond acceptors (Lipinski definition) is 6. The lowest BCUT2D eigenvalue weighted by Crippen LogP contribution is -2.53. The topological polar surface area (TPSA) is 119 Å². The summed E-state index contributed by atoms with van der Waals surface area (Å²) >= 11 is 0. The van der Waals surface area contributed by atoms with Crippen molar-refractivity contribution in [3.63, 3.8) is 0 Å². The first-order valence-corrected chi connectivity index (χ1v) is 15.7. The molecule has 1 saturated heterocycles. The van der Waals surface area contributed by atoms with Gasteiger partial charge in [0.15, 0.2) is 11.6 Å². The van der Waals surface area contributed by atoms with Gasteiger partial charge in [-0.05, 0) is 66.4 Å². The number of benzene rings is 4. The first kappa shape index (κ1) is 29.4. The molecule has 48 heavy (non-hydrogen) atoms. The number of hydrogen-bond donors (Lipinski definition) is 2. The van der Waals surface area contributed by atoms with E-state index in [4.69, 9.17) is 0 Å². The van der Waals surface area contributed by atoms with Crippen molar-refractivity contribution in [2.75, 3.05) is 5.43 Å². The Balaban J connectivity index is 1.38. The van der Waals surface area contributed by atoms with Crippen molar-refractivity contribution in [3.05, 3.63) is 158 Å². The number of para-hydroxylation sites is 1. The standard InChI is InChI=1S/C37H30FN5O5/c1-22-12-15-25(16-13-22)39-42-33(45)28-21-30-27(18-19-40-35(47)41(36(48)43(30)40)26-10-6-3-7-11-26)32(23-14-17-31(44)29(38)20-23)37(28,34(42)46)24-8-4-2-5-9-24/h2-18,20,28,30,32,39,44H,19,21H2,1H3/t28-,30+,32-,37+/m0/s1. The molecule has 0 radical (unpaired) electrons. The van der Waals surface area contributed by atoms with Crippen molar-refractivity contribution in [2.24, 2.45) is 5.92 Å². The number of carbonyl (C=O) groups is 2. The minimum atomic E-state index is -1.56. The van der Waals surface area contributed by atoms with Gasteiger partial charge in [-0.3, -0.25) is 15.0 Å². The maximum atomic E-state index is 15.2. The number of allylic oxidation sites excluding steroid dienone is 2. The molecule has 0 bridgehead atoms. The molecular formula is C37H30FN5O5. The Kier molecular flexibility index (Phi) is 6.62. The SMILES string of the molecule is Cc1ccc(NN2C(=O)[C@@H]3C[C@@H]4C(=CCn5c(=O)n(-c6ccccc6)c(=O)n54)[C@H](c4ccc(O)c(F)c4)[C@]3(c3ccccc3)C2=O)cc1. The van der Waals surface area contributed by atoms with Gasteiger partial charge in [0.25, 0.3) is 11.8 Å². The molecule has 1 aliphatic carbocycles. The average molecular weight is 644 g/mol. The van der Waals surface area contributed by atoms with Crippen LogP contribution in [0.3, 0.4) is 0 Å². The van der Waals surface area contributed by atoms with Gasteiger partial charge >= 0.3 is 11.4 Å². The molecule has 2 fully saturated rings. The Bertz CT molecular complexity index is 2260. The van der Waals surface area contributed by atoms with Gasteiger partial charge in [0.2, 0.25) is 0 Å². The Morgan fingerprint density at radius 2 is 1.54 bits per heavy atom. The number of nitrogens with zero attached hydrogens (tertiary/aromatic N) is 4. The molecule has 4 aromatic carbocycles. The molecule has 0 spiro atoms. The van der Waals surface area contributed by atoms with E-state index in [0.29, 0.717) is 28.1 Å². The molecule has 4 atom stereocenters. The summed E-state index contributed by atoms with van der Waals surface area (Å²) in [4.78, 5) is 57.5. The number of halogens is 1. The van der Waals surface area contributed by atoms with Gasteiger partial charge in [0, 0.05) is 5.92 Å². The third-order valence-electron chi connectivity index (χ3n) is 9.98. The number of hydrazine groups is 1. The van der Waals surface area contributed by atoms with E-state index < -0.39 is 58.1 Å². The summed E-state index contributed by atoms with van der Waals surface area (Å²) in [5.41, 5.74) is 3.77. The summed E-state index contributed by atoms with van der Waals surface area (Å²) < 4.78 is 19.0. The number of amides is 2. The molecule has 1 saturated carbocycles. The van der Waals surface area contributed by atoms with Gasteiger partial charge in [-0.15, -0.1) is 0 Å². The monoisotopic (exact) mass is 643 g/mol. The number of aromatic hydroxyl groups is 1. The molecule has 2 amide bonds. The molecule has 3 aliphatic rings. The summed E-state index contributed by atoms with van der Waals surface area (Å²) in [6, 6.07) is 27.9. The molecule has 5 aromatic rings. The number of rotatable bonds is 5. The smallest absolute Gasteiger partial charge is 0.352 e. The van der Waals surface area contributed by atoms with E-state index in [1.54, 1.807) is 72.8 Å². The number of aryl methyl sites for hydroxylation is 1. The predicted octanol–water partition coefficient (Wildman–Crippen LogP) is 4.57. The second-order valence-corrected chi connectivity index (χ2v) is 12.5. The molecule has 8 rings (SSSR count). The fourth-order valence-electron chi connectivity index (χ4n) is 7.88.